The molecule has 0 aromatic heterocycles. The molecule has 3 heteroatoms. The minimum Gasteiger partial charge on any atom is -0.386 e. The molecule has 0 spiro atoms. The number of hydrogen-bond acceptors (Lipinski definition) is 2. The molecule has 2 atom stereocenters. The van der Waals surface area contributed by atoms with E-state index in [0.717, 1.165) is 31.2 Å². The van der Waals surface area contributed by atoms with E-state index in [1.807, 2.05) is 37.3 Å². The molecule has 0 heterocycles. The number of carbonyl (C=O) groups is 1. The van der Waals surface area contributed by atoms with Crippen molar-refractivity contribution in [3.8, 4) is 0 Å². The highest BCUT2D eigenvalue weighted by Crippen LogP contribution is 2.24. The van der Waals surface area contributed by atoms with Crippen molar-refractivity contribution in [1.29, 1.82) is 0 Å². The minimum atomic E-state index is -0.645. The van der Waals surface area contributed by atoms with Crippen LogP contribution in [0.5, 0.6) is 0 Å². The maximum atomic E-state index is 12.1. The van der Waals surface area contributed by atoms with Gasteiger partial charge in [0.05, 0.1) is 12.1 Å². The first-order valence-electron chi connectivity index (χ1n) is 7.22. The molecule has 0 saturated heterocycles. The van der Waals surface area contributed by atoms with Crippen LogP contribution < -0.4 is 5.32 Å². The summed E-state index contributed by atoms with van der Waals surface area (Å²) in [6, 6.07) is 9.23. The molecule has 1 fully saturated rings. The SMILES string of the molecule is C[C@@H](NC(=O)C1CCCCC1)[C@@H](O)c1ccccc1. The second kappa shape index (κ2) is 6.71. The van der Waals surface area contributed by atoms with Crippen molar-refractivity contribution < 1.29 is 9.90 Å². The molecule has 2 rings (SSSR count). The fourth-order valence-electron chi connectivity index (χ4n) is 2.72. The average Bonchev–Trinajstić information content (AvgIpc) is 2.48. The van der Waals surface area contributed by atoms with Gasteiger partial charge in [-0.25, -0.2) is 0 Å². The highest BCUT2D eigenvalue weighted by atomic mass is 16.3. The highest BCUT2D eigenvalue weighted by Gasteiger charge is 2.24. The van der Waals surface area contributed by atoms with E-state index in [2.05, 4.69) is 5.32 Å². The van der Waals surface area contributed by atoms with Crippen molar-refractivity contribution in [2.45, 2.75) is 51.2 Å². The largest absolute Gasteiger partial charge is 0.386 e. The lowest BCUT2D eigenvalue weighted by molar-refractivity contribution is -0.127. The molecule has 3 nitrogen and oxygen atoms in total. The fraction of sp³-hybridized carbons (Fsp3) is 0.562. The Morgan fingerprint density at radius 3 is 2.47 bits per heavy atom. The van der Waals surface area contributed by atoms with Gasteiger partial charge in [0.1, 0.15) is 0 Å². The highest BCUT2D eigenvalue weighted by molar-refractivity contribution is 5.79. The number of carbonyl (C=O) groups excluding carboxylic acids is 1. The lowest BCUT2D eigenvalue weighted by Crippen LogP contribution is -2.41. The molecule has 19 heavy (non-hydrogen) atoms. The van der Waals surface area contributed by atoms with Crippen LogP contribution in [0.25, 0.3) is 0 Å². The number of aliphatic hydroxyl groups is 1. The monoisotopic (exact) mass is 261 g/mol. The summed E-state index contributed by atoms with van der Waals surface area (Å²) in [6.45, 7) is 1.86. The van der Waals surface area contributed by atoms with E-state index in [1.54, 1.807) is 0 Å². The lowest BCUT2D eigenvalue weighted by atomic mass is 9.88. The second-order valence-electron chi connectivity index (χ2n) is 5.49. The van der Waals surface area contributed by atoms with Crippen LogP contribution >= 0.6 is 0 Å². The third-order valence-electron chi connectivity index (χ3n) is 3.96. The molecular weight excluding hydrogens is 238 g/mol. The summed E-state index contributed by atoms with van der Waals surface area (Å²) in [7, 11) is 0. The minimum absolute atomic E-state index is 0.0992. The van der Waals surface area contributed by atoms with Crippen LogP contribution in [0.15, 0.2) is 30.3 Å². The number of nitrogens with one attached hydrogen (secondary N) is 1. The predicted molar refractivity (Wildman–Crippen MR) is 75.6 cm³/mol. The van der Waals surface area contributed by atoms with Gasteiger partial charge in [-0.15, -0.1) is 0 Å². The summed E-state index contributed by atoms with van der Waals surface area (Å²) in [5.74, 6) is 0.237. The first kappa shape index (κ1) is 14.1. The molecule has 2 N–H and O–H groups in total. The Kier molecular flexibility index (Phi) is 4.97. The van der Waals surface area contributed by atoms with Crippen molar-refractivity contribution >= 4 is 5.91 Å². The Hall–Kier alpha value is -1.35. The zero-order valence-corrected chi connectivity index (χ0v) is 11.5. The Labute approximate surface area is 115 Å². The fourth-order valence-corrected chi connectivity index (χ4v) is 2.72. The van der Waals surface area contributed by atoms with Crippen LogP contribution in [0.4, 0.5) is 0 Å². The summed E-state index contributed by atoms with van der Waals surface area (Å²) in [6.07, 6.45) is 4.86. The van der Waals surface area contributed by atoms with Crippen molar-refractivity contribution in [2.75, 3.05) is 0 Å². The quantitative estimate of drug-likeness (QED) is 0.875. The number of rotatable bonds is 4. The molecule has 1 saturated carbocycles. The topological polar surface area (TPSA) is 49.3 Å². The number of hydrogen-bond donors (Lipinski definition) is 2. The normalized spacial score (nSPS) is 19.7. The molecule has 1 amide bonds. The van der Waals surface area contributed by atoms with Crippen LogP contribution in [-0.4, -0.2) is 17.1 Å². The van der Waals surface area contributed by atoms with Gasteiger partial charge < -0.3 is 10.4 Å². The summed E-state index contributed by atoms with van der Waals surface area (Å²) in [4.78, 5) is 12.1. The van der Waals surface area contributed by atoms with Gasteiger partial charge in [0, 0.05) is 5.92 Å². The second-order valence-corrected chi connectivity index (χ2v) is 5.49. The molecule has 1 aliphatic rings. The van der Waals surface area contributed by atoms with Gasteiger partial charge in [0.2, 0.25) is 5.91 Å². The Morgan fingerprint density at radius 2 is 1.84 bits per heavy atom. The smallest absolute Gasteiger partial charge is 0.223 e. The first-order valence-corrected chi connectivity index (χ1v) is 7.22. The molecule has 0 unspecified atom stereocenters. The van der Waals surface area contributed by atoms with Gasteiger partial charge in [-0.05, 0) is 25.3 Å². The van der Waals surface area contributed by atoms with Crippen molar-refractivity contribution in [1.82, 2.24) is 5.32 Å². The van der Waals surface area contributed by atoms with E-state index in [0.29, 0.717) is 0 Å². The molecular formula is C16H23NO2. The van der Waals surface area contributed by atoms with Gasteiger partial charge in [-0.2, -0.15) is 0 Å². The van der Waals surface area contributed by atoms with Crippen molar-refractivity contribution in [3.05, 3.63) is 35.9 Å². The van der Waals surface area contributed by atoms with Gasteiger partial charge in [0.25, 0.3) is 0 Å². The Morgan fingerprint density at radius 1 is 1.21 bits per heavy atom. The summed E-state index contributed by atoms with van der Waals surface area (Å²) in [5, 5.41) is 13.2. The number of aliphatic hydroxyl groups excluding tert-OH is 1. The van der Waals surface area contributed by atoms with Crippen LogP contribution in [0.1, 0.15) is 50.7 Å². The first-order chi connectivity index (χ1) is 9.18. The van der Waals surface area contributed by atoms with E-state index >= 15 is 0 Å². The van der Waals surface area contributed by atoms with Crippen LogP contribution in [0.3, 0.4) is 0 Å². The number of amides is 1. The summed E-state index contributed by atoms with van der Waals surface area (Å²) < 4.78 is 0. The summed E-state index contributed by atoms with van der Waals surface area (Å²) >= 11 is 0. The standard InChI is InChI=1S/C16H23NO2/c1-12(15(18)13-8-4-2-5-9-13)17-16(19)14-10-6-3-7-11-14/h2,4-5,8-9,12,14-15,18H,3,6-7,10-11H2,1H3,(H,17,19)/t12-,15-/m1/s1. The molecule has 0 aliphatic heterocycles. The Bertz CT molecular complexity index is 398. The zero-order valence-electron chi connectivity index (χ0n) is 11.5. The van der Waals surface area contributed by atoms with Crippen LogP contribution in [0.2, 0.25) is 0 Å². The summed E-state index contributed by atoms with van der Waals surface area (Å²) in [5.41, 5.74) is 0.846. The predicted octanol–water partition coefficient (Wildman–Crippen LogP) is 2.81. The van der Waals surface area contributed by atoms with E-state index in [4.69, 9.17) is 0 Å². The number of benzene rings is 1. The van der Waals surface area contributed by atoms with Crippen molar-refractivity contribution in [2.24, 2.45) is 5.92 Å². The van der Waals surface area contributed by atoms with E-state index in [1.165, 1.54) is 6.42 Å². The molecule has 0 bridgehead atoms. The van der Waals surface area contributed by atoms with Gasteiger partial charge in [-0.3, -0.25) is 4.79 Å². The van der Waals surface area contributed by atoms with Gasteiger partial charge in [0.15, 0.2) is 0 Å². The molecule has 1 aromatic rings. The molecule has 104 valence electrons. The van der Waals surface area contributed by atoms with Crippen LogP contribution in [-0.2, 0) is 4.79 Å². The maximum Gasteiger partial charge on any atom is 0.223 e. The third-order valence-corrected chi connectivity index (χ3v) is 3.96. The van der Waals surface area contributed by atoms with E-state index in [-0.39, 0.29) is 17.9 Å². The molecule has 1 aromatic carbocycles. The van der Waals surface area contributed by atoms with Crippen LogP contribution in [0, 0.1) is 5.92 Å². The van der Waals surface area contributed by atoms with Gasteiger partial charge in [-0.1, -0.05) is 49.6 Å². The zero-order chi connectivity index (χ0) is 13.7. The van der Waals surface area contributed by atoms with E-state index < -0.39 is 6.10 Å². The molecule has 1 aliphatic carbocycles. The van der Waals surface area contributed by atoms with Gasteiger partial charge >= 0.3 is 0 Å². The third kappa shape index (κ3) is 3.80. The molecule has 0 radical (unpaired) electrons. The lowest BCUT2D eigenvalue weighted by Gasteiger charge is -2.25. The average molecular weight is 261 g/mol. The maximum absolute atomic E-state index is 12.1. The van der Waals surface area contributed by atoms with E-state index in [9.17, 15) is 9.90 Å². The Balaban J connectivity index is 1.89. The van der Waals surface area contributed by atoms with Crippen molar-refractivity contribution in [3.63, 3.8) is 0 Å².